The molecule has 1 fully saturated rings. The predicted octanol–water partition coefficient (Wildman–Crippen LogP) is 1.42. The van der Waals surface area contributed by atoms with Crippen LogP contribution in [0.25, 0.3) is 0 Å². The molecule has 0 unspecified atom stereocenters. The SMILES string of the molecule is Cc1[nH]ncc1CNC(=O)C1(C(N)=NO)CCCCCC1. The van der Waals surface area contributed by atoms with Crippen molar-refractivity contribution in [3.8, 4) is 0 Å². The maximum Gasteiger partial charge on any atom is 0.234 e. The minimum absolute atomic E-state index is 0.0193. The number of carbonyl (C=O) groups is 1. The van der Waals surface area contributed by atoms with E-state index in [1.165, 1.54) is 0 Å². The number of hydrogen-bond donors (Lipinski definition) is 4. The molecule has 0 spiro atoms. The lowest BCUT2D eigenvalue weighted by molar-refractivity contribution is -0.128. The van der Waals surface area contributed by atoms with Crippen molar-refractivity contribution < 1.29 is 10.0 Å². The summed E-state index contributed by atoms with van der Waals surface area (Å²) in [5.74, 6) is -0.147. The number of nitrogens with one attached hydrogen (secondary N) is 2. The number of rotatable bonds is 4. The summed E-state index contributed by atoms with van der Waals surface area (Å²) in [6, 6.07) is 0. The van der Waals surface area contributed by atoms with Crippen LogP contribution in [0.4, 0.5) is 0 Å². The molecule has 1 aromatic rings. The average molecular weight is 293 g/mol. The zero-order chi connectivity index (χ0) is 15.3. The predicted molar refractivity (Wildman–Crippen MR) is 78.7 cm³/mol. The van der Waals surface area contributed by atoms with Crippen molar-refractivity contribution in [2.45, 2.75) is 52.0 Å². The van der Waals surface area contributed by atoms with Gasteiger partial charge in [0.05, 0.1) is 6.20 Å². The maximum absolute atomic E-state index is 12.7. The number of amidine groups is 1. The van der Waals surface area contributed by atoms with Crippen LogP contribution < -0.4 is 11.1 Å². The van der Waals surface area contributed by atoms with Crippen LogP contribution in [-0.2, 0) is 11.3 Å². The summed E-state index contributed by atoms with van der Waals surface area (Å²) in [5, 5.41) is 21.9. The zero-order valence-corrected chi connectivity index (χ0v) is 12.4. The number of hydrogen-bond acceptors (Lipinski definition) is 4. The second-order valence-corrected chi connectivity index (χ2v) is 5.68. The second kappa shape index (κ2) is 6.60. The molecule has 1 aliphatic carbocycles. The topological polar surface area (TPSA) is 116 Å². The molecular formula is C14H23N5O2. The maximum atomic E-state index is 12.7. The first-order chi connectivity index (χ1) is 10.1. The smallest absolute Gasteiger partial charge is 0.234 e. The summed E-state index contributed by atoms with van der Waals surface area (Å²) in [4.78, 5) is 12.7. The van der Waals surface area contributed by atoms with Crippen molar-refractivity contribution in [1.29, 1.82) is 0 Å². The zero-order valence-electron chi connectivity index (χ0n) is 12.4. The molecule has 0 radical (unpaired) electrons. The van der Waals surface area contributed by atoms with Crippen LogP contribution in [0.1, 0.15) is 49.8 Å². The molecular weight excluding hydrogens is 270 g/mol. The first-order valence-electron chi connectivity index (χ1n) is 7.35. The third-order valence-electron chi connectivity index (χ3n) is 4.36. The second-order valence-electron chi connectivity index (χ2n) is 5.68. The first kappa shape index (κ1) is 15.3. The van der Waals surface area contributed by atoms with Gasteiger partial charge in [-0.05, 0) is 19.8 Å². The van der Waals surface area contributed by atoms with E-state index in [0.29, 0.717) is 19.4 Å². The van der Waals surface area contributed by atoms with E-state index in [0.717, 1.165) is 36.9 Å². The van der Waals surface area contributed by atoms with Gasteiger partial charge in [0, 0.05) is 17.8 Å². The van der Waals surface area contributed by atoms with Crippen LogP contribution in [0.15, 0.2) is 11.4 Å². The van der Waals surface area contributed by atoms with Crippen molar-refractivity contribution in [2.24, 2.45) is 16.3 Å². The number of H-pyrrole nitrogens is 1. The molecule has 0 saturated heterocycles. The summed E-state index contributed by atoms with van der Waals surface area (Å²) < 4.78 is 0. The normalized spacial score (nSPS) is 19.0. The Kier molecular flexibility index (Phi) is 4.82. The van der Waals surface area contributed by atoms with Crippen LogP contribution >= 0.6 is 0 Å². The van der Waals surface area contributed by atoms with E-state index < -0.39 is 5.41 Å². The fourth-order valence-electron chi connectivity index (χ4n) is 2.93. The molecule has 1 aliphatic rings. The van der Waals surface area contributed by atoms with E-state index in [4.69, 9.17) is 10.9 Å². The van der Waals surface area contributed by atoms with Gasteiger partial charge in [0.25, 0.3) is 0 Å². The van der Waals surface area contributed by atoms with Crippen molar-refractivity contribution in [1.82, 2.24) is 15.5 Å². The van der Waals surface area contributed by atoms with Gasteiger partial charge < -0.3 is 16.3 Å². The number of amides is 1. The minimum Gasteiger partial charge on any atom is -0.409 e. The van der Waals surface area contributed by atoms with Gasteiger partial charge in [-0.2, -0.15) is 5.10 Å². The highest BCUT2D eigenvalue weighted by atomic mass is 16.4. The molecule has 0 aliphatic heterocycles. The Morgan fingerprint density at radius 3 is 2.67 bits per heavy atom. The molecule has 7 heteroatoms. The molecule has 5 N–H and O–H groups in total. The van der Waals surface area contributed by atoms with Crippen LogP contribution in [0.5, 0.6) is 0 Å². The van der Waals surface area contributed by atoms with Crippen LogP contribution in [0.3, 0.4) is 0 Å². The van der Waals surface area contributed by atoms with Gasteiger partial charge in [0.2, 0.25) is 5.91 Å². The number of nitrogens with zero attached hydrogens (tertiary/aromatic N) is 2. The summed E-state index contributed by atoms with van der Waals surface area (Å²) in [5.41, 5.74) is 6.83. The molecule has 7 nitrogen and oxygen atoms in total. The van der Waals surface area contributed by atoms with Gasteiger partial charge in [0.15, 0.2) is 5.84 Å². The van der Waals surface area contributed by atoms with Crippen molar-refractivity contribution in [2.75, 3.05) is 0 Å². The fraction of sp³-hybridized carbons (Fsp3) is 0.643. The van der Waals surface area contributed by atoms with Crippen molar-refractivity contribution in [3.63, 3.8) is 0 Å². The van der Waals surface area contributed by atoms with Crippen LogP contribution in [-0.4, -0.2) is 27.1 Å². The fourth-order valence-corrected chi connectivity index (χ4v) is 2.93. The molecule has 0 atom stereocenters. The molecule has 1 amide bonds. The molecule has 0 aromatic carbocycles. The van der Waals surface area contributed by atoms with Gasteiger partial charge in [-0.3, -0.25) is 9.89 Å². The highest BCUT2D eigenvalue weighted by Gasteiger charge is 2.42. The first-order valence-corrected chi connectivity index (χ1v) is 7.35. The molecule has 116 valence electrons. The Bertz CT molecular complexity index is 515. The lowest BCUT2D eigenvalue weighted by atomic mass is 9.78. The molecule has 2 rings (SSSR count). The van der Waals surface area contributed by atoms with Gasteiger partial charge in [-0.1, -0.05) is 30.8 Å². The lowest BCUT2D eigenvalue weighted by Crippen LogP contribution is -2.49. The van der Waals surface area contributed by atoms with E-state index in [2.05, 4.69) is 20.7 Å². The molecule has 1 aromatic heterocycles. The average Bonchev–Trinajstić information content (AvgIpc) is 2.76. The van der Waals surface area contributed by atoms with Crippen molar-refractivity contribution >= 4 is 11.7 Å². The summed E-state index contributed by atoms with van der Waals surface area (Å²) in [6.45, 7) is 2.29. The number of oxime groups is 1. The highest BCUT2D eigenvalue weighted by Crippen LogP contribution is 2.35. The van der Waals surface area contributed by atoms with Crippen LogP contribution in [0.2, 0.25) is 0 Å². The van der Waals surface area contributed by atoms with Gasteiger partial charge in [-0.25, -0.2) is 0 Å². The summed E-state index contributed by atoms with van der Waals surface area (Å²) in [7, 11) is 0. The monoisotopic (exact) mass is 293 g/mol. The number of aromatic nitrogens is 2. The summed E-state index contributed by atoms with van der Waals surface area (Å²) in [6.07, 6.45) is 6.92. The number of nitrogens with two attached hydrogens (primary N) is 1. The molecule has 21 heavy (non-hydrogen) atoms. The third-order valence-corrected chi connectivity index (χ3v) is 4.36. The Hall–Kier alpha value is -2.05. The standard InChI is InChI=1S/C14H23N5O2/c1-10-11(9-17-18-10)8-16-13(20)14(12(15)19-21)6-4-2-3-5-7-14/h9,21H,2-8H2,1H3,(H2,15,19)(H,16,20)(H,17,18). The van der Waals surface area contributed by atoms with Gasteiger partial charge in [0.1, 0.15) is 5.41 Å². The lowest BCUT2D eigenvalue weighted by Gasteiger charge is -2.29. The largest absolute Gasteiger partial charge is 0.409 e. The Labute approximate surface area is 124 Å². The van der Waals surface area contributed by atoms with Gasteiger partial charge in [-0.15, -0.1) is 0 Å². The Morgan fingerprint density at radius 2 is 2.14 bits per heavy atom. The van der Waals surface area contributed by atoms with Crippen molar-refractivity contribution in [3.05, 3.63) is 17.5 Å². The molecule has 1 heterocycles. The molecule has 1 saturated carbocycles. The van der Waals surface area contributed by atoms with E-state index in [-0.39, 0.29) is 11.7 Å². The Morgan fingerprint density at radius 1 is 1.48 bits per heavy atom. The van der Waals surface area contributed by atoms with E-state index in [9.17, 15) is 4.79 Å². The van der Waals surface area contributed by atoms with Gasteiger partial charge >= 0.3 is 0 Å². The van der Waals surface area contributed by atoms with E-state index in [1.54, 1.807) is 6.20 Å². The molecule has 0 bridgehead atoms. The summed E-state index contributed by atoms with van der Waals surface area (Å²) >= 11 is 0. The van der Waals surface area contributed by atoms with Crippen LogP contribution in [0, 0.1) is 12.3 Å². The number of aryl methyl sites for hydroxylation is 1. The number of carbonyl (C=O) groups excluding carboxylic acids is 1. The van der Waals surface area contributed by atoms with E-state index in [1.807, 2.05) is 6.92 Å². The van der Waals surface area contributed by atoms with E-state index >= 15 is 0 Å². The highest BCUT2D eigenvalue weighted by molar-refractivity contribution is 6.06. The Balaban J connectivity index is 2.12. The number of aromatic amines is 1. The minimum atomic E-state index is -0.886. The quantitative estimate of drug-likeness (QED) is 0.221. The third kappa shape index (κ3) is 3.17.